The largest absolute Gasteiger partial charge is 0.460 e. The Morgan fingerprint density at radius 2 is 2.04 bits per heavy atom. The first-order chi connectivity index (χ1) is 11.2. The summed E-state index contributed by atoms with van der Waals surface area (Å²) in [5.41, 5.74) is 0.876. The van der Waals surface area contributed by atoms with Gasteiger partial charge in [0.2, 0.25) is 5.76 Å². The Kier molecular flexibility index (Phi) is 5.51. The highest BCUT2D eigenvalue weighted by Crippen LogP contribution is 2.28. The zero-order chi connectivity index (χ0) is 17.9. The molecular formula is C16H18F3NO4. The molecule has 1 unspecified atom stereocenters. The standard InChI is InChI=1S/C16H18F3NO4/c1-3-23-15(22)14-11(10-6-4-5-7-12(10)24-14)8-20(2)9-13(21)16(17,18)19/h4-7,13,21H,3,8-9H2,1-2H3. The quantitative estimate of drug-likeness (QED) is 0.816. The smallest absolute Gasteiger partial charge is 0.415 e. The van der Waals surface area contributed by atoms with Gasteiger partial charge in [-0.25, -0.2) is 4.79 Å². The van der Waals surface area contributed by atoms with Crippen molar-refractivity contribution in [3.05, 3.63) is 35.6 Å². The first kappa shape index (κ1) is 18.3. The van der Waals surface area contributed by atoms with Gasteiger partial charge in [0.1, 0.15) is 5.58 Å². The molecule has 0 fully saturated rings. The van der Waals surface area contributed by atoms with Gasteiger partial charge in [0.15, 0.2) is 6.10 Å². The molecule has 1 heterocycles. The van der Waals surface area contributed by atoms with E-state index < -0.39 is 24.8 Å². The van der Waals surface area contributed by atoms with Crippen LogP contribution in [0, 0.1) is 0 Å². The van der Waals surface area contributed by atoms with Crippen LogP contribution in [0.1, 0.15) is 23.0 Å². The number of nitrogens with zero attached hydrogens (tertiary/aromatic N) is 1. The average molecular weight is 345 g/mol. The lowest BCUT2D eigenvalue weighted by Crippen LogP contribution is -2.39. The van der Waals surface area contributed by atoms with Gasteiger partial charge in [0, 0.05) is 24.0 Å². The molecule has 0 aliphatic carbocycles. The summed E-state index contributed by atoms with van der Waals surface area (Å²) in [6.07, 6.45) is -7.16. The lowest BCUT2D eigenvalue weighted by Gasteiger charge is -2.22. The van der Waals surface area contributed by atoms with Gasteiger partial charge in [0.05, 0.1) is 6.61 Å². The molecule has 1 aromatic heterocycles. The third-order valence-corrected chi connectivity index (χ3v) is 3.45. The molecule has 1 N–H and O–H groups in total. The first-order valence-electron chi connectivity index (χ1n) is 7.34. The summed E-state index contributed by atoms with van der Waals surface area (Å²) in [5.74, 6) is -0.708. The van der Waals surface area contributed by atoms with Crippen molar-refractivity contribution >= 4 is 16.9 Å². The molecule has 0 spiro atoms. The normalized spacial score (nSPS) is 13.5. The van der Waals surface area contributed by atoms with E-state index in [4.69, 9.17) is 9.15 Å². The second-order valence-corrected chi connectivity index (χ2v) is 5.38. The number of aliphatic hydroxyl groups is 1. The summed E-state index contributed by atoms with van der Waals surface area (Å²) in [7, 11) is 1.42. The van der Waals surface area contributed by atoms with Crippen molar-refractivity contribution in [2.24, 2.45) is 0 Å². The number of benzene rings is 1. The molecule has 0 saturated heterocycles. The van der Waals surface area contributed by atoms with Crippen LogP contribution in [0.3, 0.4) is 0 Å². The third kappa shape index (κ3) is 4.07. The molecule has 8 heteroatoms. The number of alkyl halides is 3. The van der Waals surface area contributed by atoms with Gasteiger partial charge in [-0.2, -0.15) is 13.2 Å². The number of para-hydroxylation sites is 1. The van der Waals surface area contributed by atoms with Gasteiger partial charge in [-0.15, -0.1) is 0 Å². The first-order valence-corrected chi connectivity index (χ1v) is 7.34. The number of ether oxygens (including phenoxy) is 1. The number of carbonyl (C=O) groups is 1. The molecule has 0 bridgehead atoms. The van der Waals surface area contributed by atoms with Crippen LogP contribution in [0.2, 0.25) is 0 Å². The third-order valence-electron chi connectivity index (χ3n) is 3.45. The summed E-state index contributed by atoms with van der Waals surface area (Å²) in [4.78, 5) is 13.3. The van der Waals surface area contributed by atoms with Crippen molar-refractivity contribution in [1.29, 1.82) is 0 Å². The molecule has 5 nitrogen and oxygen atoms in total. The summed E-state index contributed by atoms with van der Waals surface area (Å²) in [6, 6.07) is 6.83. The van der Waals surface area contributed by atoms with Crippen molar-refractivity contribution in [1.82, 2.24) is 4.90 Å². The van der Waals surface area contributed by atoms with E-state index in [0.717, 1.165) is 0 Å². The second kappa shape index (κ2) is 7.23. The van der Waals surface area contributed by atoms with Crippen molar-refractivity contribution in [3.8, 4) is 0 Å². The number of hydrogen-bond donors (Lipinski definition) is 1. The monoisotopic (exact) mass is 345 g/mol. The maximum atomic E-state index is 12.5. The SMILES string of the molecule is CCOC(=O)c1oc2ccccc2c1CN(C)CC(O)C(F)(F)F. The van der Waals surface area contributed by atoms with Crippen LogP contribution in [0.25, 0.3) is 11.0 Å². The van der Waals surface area contributed by atoms with E-state index in [1.807, 2.05) is 0 Å². The topological polar surface area (TPSA) is 62.9 Å². The lowest BCUT2D eigenvalue weighted by molar-refractivity contribution is -0.207. The van der Waals surface area contributed by atoms with Crippen LogP contribution < -0.4 is 0 Å². The fourth-order valence-corrected chi connectivity index (χ4v) is 2.35. The van der Waals surface area contributed by atoms with Crippen molar-refractivity contribution < 1.29 is 32.2 Å². The minimum atomic E-state index is -4.70. The van der Waals surface area contributed by atoms with Crippen molar-refractivity contribution in [3.63, 3.8) is 0 Å². The Hall–Kier alpha value is -2.06. The predicted octanol–water partition coefficient (Wildman–Crippen LogP) is 2.96. The number of aliphatic hydroxyl groups excluding tert-OH is 1. The molecule has 1 aromatic carbocycles. The van der Waals surface area contributed by atoms with Crippen LogP contribution >= 0.6 is 0 Å². The molecule has 0 saturated carbocycles. The van der Waals surface area contributed by atoms with E-state index in [1.165, 1.54) is 11.9 Å². The Bertz CT molecular complexity index is 711. The Balaban J connectivity index is 2.29. The highest BCUT2D eigenvalue weighted by molar-refractivity contribution is 5.96. The molecule has 2 rings (SSSR count). The van der Waals surface area contributed by atoms with E-state index in [-0.39, 0.29) is 18.9 Å². The highest BCUT2D eigenvalue weighted by atomic mass is 19.4. The van der Waals surface area contributed by atoms with Crippen molar-refractivity contribution in [2.75, 3.05) is 20.2 Å². The summed E-state index contributed by atoms with van der Waals surface area (Å²) < 4.78 is 47.9. The maximum Gasteiger partial charge on any atom is 0.415 e. The molecule has 0 aliphatic rings. The zero-order valence-electron chi connectivity index (χ0n) is 13.3. The fourth-order valence-electron chi connectivity index (χ4n) is 2.35. The maximum absolute atomic E-state index is 12.5. The number of likely N-dealkylation sites (N-methyl/N-ethyl adjacent to an activating group) is 1. The Morgan fingerprint density at radius 3 is 2.67 bits per heavy atom. The van der Waals surface area contributed by atoms with E-state index in [2.05, 4.69) is 0 Å². The highest BCUT2D eigenvalue weighted by Gasteiger charge is 2.38. The number of fused-ring (bicyclic) bond motifs is 1. The molecular weight excluding hydrogens is 327 g/mol. The summed E-state index contributed by atoms with van der Waals surface area (Å²) in [5, 5.41) is 9.80. The predicted molar refractivity (Wildman–Crippen MR) is 80.6 cm³/mol. The minimum absolute atomic E-state index is 0.00169. The van der Waals surface area contributed by atoms with E-state index in [1.54, 1.807) is 31.2 Å². The Morgan fingerprint density at radius 1 is 1.38 bits per heavy atom. The molecule has 0 amide bonds. The van der Waals surface area contributed by atoms with E-state index in [9.17, 15) is 23.1 Å². The summed E-state index contributed by atoms with van der Waals surface area (Å²) >= 11 is 0. The van der Waals surface area contributed by atoms with E-state index in [0.29, 0.717) is 16.5 Å². The number of halogens is 3. The number of furan rings is 1. The second-order valence-electron chi connectivity index (χ2n) is 5.38. The molecule has 2 aromatic rings. The number of carbonyl (C=O) groups excluding carboxylic acids is 1. The van der Waals surface area contributed by atoms with Gasteiger partial charge in [-0.1, -0.05) is 18.2 Å². The van der Waals surface area contributed by atoms with Gasteiger partial charge in [-0.05, 0) is 20.0 Å². The van der Waals surface area contributed by atoms with Gasteiger partial charge >= 0.3 is 12.1 Å². The summed E-state index contributed by atoms with van der Waals surface area (Å²) in [6.45, 7) is 1.17. The molecule has 1 atom stereocenters. The van der Waals surface area contributed by atoms with Crippen LogP contribution in [-0.4, -0.2) is 48.5 Å². The zero-order valence-corrected chi connectivity index (χ0v) is 13.3. The number of rotatable bonds is 6. The molecule has 132 valence electrons. The minimum Gasteiger partial charge on any atom is -0.460 e. The molecule has 0 radical (unpaired) electrons. The van der Waals surface area contributed by atoms with Gasteiger partial charge in [0.25, 0.3) is 0 Å². The van der Waals surface area contributed by atoms with Crippen LogP contribution in [-0.2, 0) is 11.3 Å². The fraction of sp³-hybridized carbons (Fsp3) is 0.438. The van der Waals surface area contributed by atoms with Gasteiger partial charge < -0.3 is 14.3 Å². The lowest BCUT2D eigenvalue weighted by atomic mass is 10.1. The van der Waals surface area contributed by atoms with Crippen LogP contribution in [0.4, 0.5) is 13.2 Å². The molecule has 0 aliphatic heterocycles. The molecule has 24 heavy (non-hydrogen) atoms. The number of hydrogen-bond acceptors (Lipinski definition) is 5. The number of esters is 1. The Labute approximate surface area is 136 Å². The van der Waals surface area contributed by atoms with Crippen LogP contribution in [0.15, 0.2) is 28.7 Å². The van der Waals surface area contributed by atoms with Crippen molar-refractivity contribution in [2.45, 2.75) is 25.7 Å². The van der Waals surface area contributed by atoms with Crippen LogP contribution in [0.5, 0.6) is 0 Å². The van der Waals surface area contributed by atoms with E-state index >= 15 is 0 Å². The van der Waals surface area contributed by atoms with Gasteiger partial charge in [-0.3, -0.25) is 4.90 Å². The average Bonchev–Trinajstić information content (AvgIpc) is 2.85.